The molecule has 2 heterocycles. The molecule has 0 N–H and O–H groups in total. The maximum atomic E-state index is 12.7. The van der Waals surface area contributed by atoms with E-state index in [-0.39, 0.29) is 17.9 Å². The molecule has 0 spiro atoms. The van der Waals surface area contributed by atoms with Gasteiger partial charge >= 0.3 is 5.97 Å². The lowest BCUT2D eigenvalue weighted by Gasteiger charge is -2.22. The lowest BCUT2D eigenvalue weighted by atomic mass is 10.1. The van der Waals surface area contributed by atoms with Crippen LogP contribution in [-0.4, -0.2) is 35.0 Å². The van der Waals surface area contributed by atoms with Crippen LogP contribution >= 0.6 is 11.3 Å². The van der Waals surface area contributed by atoms with E-state index in [1.54, 1.807) is 36.3 Å². The van der Waals surface area contributed by atoms with E-state index in [4.69, 9.17) is 4.74 Å². The first-order valence-electron chi connectivity index (χ1n) is 9.18. The topological polar surface area (TPSA) is 51.5 Å². The zero-order valence-electron chi connectivity index (χ0n) is 16.9. The summed E-state index contributed by atoms with van der Waals surface area (Å²) in [5.74, 6) is -0.454. The Balaban J connectivity index is 2.32. The van der Waals surface area contributed by atoms with Gasteiger partial charge in [0.1, 0.15) is 0 Å². The van der Waals surface area contributed by atoms with Crippen molar-refractivity contribution in [2.24, 2.45) is 0 Å². The molecule has 1 amide bonds. The maximum absolute atomic E-state index is 12.7. The summed E-state index contributed by atoms with van der Waals surface area (Å²) in [7, 11) is 1.79. The van der Waals surface area contributed by atoms with E-state index >= 15 is 0 Å². The molecular weight excluding hydrogens is 360 g/mol. The van der Waals surface area contributed by atoms with Gasteiger partial charge in [0, 0.05) is 41.5 Å². The van der Waals surface area contributed by atoms with Crippen LogP contribution in [0.2, 0.25) is 0 Å². The second kappa shape index (κ2) is 9.04. The summed E-state index contributed by atoms with van der Waals surface area (Å²) in [6, 6.07) is 4.00. The number of nitrogens with zero attached hydrogens (tertiary/aromatic N) is 2. The van der Waals surface area contributed by atoms with Crippen LogP contribution < -0.4 is 0 Å². The molecule has 27 heavy (non-hydrogen) atoms. The van der Waals surface area contributed by atoms with E-state index in [1.165, 1.54) is 6.08 Å². The number of carbonyl (C=O) groups is 2. The second-order valence-electron chi connectivity index (χ2n) is 6.40. The number of amides is 1. The molecule has 1 unspecified atom stereocenters. The summed E-state index contributed by atoms with van der Waals surface area (Å²) in [5.41, 5.74) is 3.10. The van der Waals surface area contributed by atoms with Crippen molar-refractivity contribution in [2.45, 2.75) is 47.2 Å². The fourth-order valence-electron chi connectivity index (χ4n) is 3.23. The summed E-state index contributed by atoms with van der Waals surface area (Å²) in [6.45, 7) is 10.8. The average Bonchev–Trinajstić information content (AvgIpc) is 3.25. The maximum Gasteiger partial charge on any atom is 0.340 e. The standard InChI is InChI=1S/C21H28N2O3S/c1-7-23-14(3)17(20(16(23)5)21(25)26-8-2)11-12-19(24)22(6)15(4)18-10-9-13-27-18/h9-13,15H,7-8H2,1-6H3. The third kappa shape index (κ3) is 4.33. The van der Waals surface area contributed by atoms with Gasteiger partial charge in [0.25, 0.3) is 0 Å². The molecule has 0 fully saturated rings. The molecule has 0 aliphatic rings. The molecule has 0 aromatic carbocycles. The van der Waals surface area contributed by atoms with Crippen LogP contribution in [0.1, 0.15) is 59.0 Å². The summed E-state index contributed by atoms with van der Waals surface area (Å²) < 4.78 is 7.29. The van der Waals surface area contributed by atoms with Gasteiger partial charge in [0.05, 0.1) is 18.2 Å². The second-order valence-corrected chi connectivity index (χ2v) is 7.38. The first-order valence-corrected chi connectivity index (χ1v) is 10.1. The highest BCUT2D eigenvalue weighted by molar-refractivity contribution is 7.10. The van der Waals surface area contributed by atoms with Crippen molar-refractivity contribution in [3.63, 3.8) is 0 Å². The quantitative estimate of drug-likeness (QED) is 0.515. The Morgan fingerprint density at radius 2 is 2.00 bits per heavy atom. The highest BCUT2D eigenvalue weighted by Crippen LogP contribution is 2.26. The molecule has 0 aliphatic carbocycles. The molecule has 0 bridgehead atoms. The smallest absolute Gasteiger partial charge is 0.340 e. The minimum Gasteiger partial charge on any atom is -0.462 e. The van der Waals surface area contributed by atoms with Crippen molar-refractivity contribution >= 4 is 29.3 Å². The Morgan fingerprint density at radius 1 is 1.30 bits per heavy atom. The molecule has 0 aliphatic heterocycles. The van der Waals surface area contributed by atoms with Gasteiger partial charge in [-0.25, -0.2) is 4.79 Å². The monoisotopic (exact) mass is 388 g/mol. The van der Waals surface area contributed by atoms with Crippen molar-refractivity contribution in [1.29, 1.82) is 0 Å². The number of ether oxygens (including phenoxy) is 1. The number of likely N-dealkylation sites (N-methyl/N-ethyl adjacent to an activating group) is 1. The van der Waals surface area contributed by atoms with Gasteiger partial charge in [-0.2, -0.15) is 0 Å². The Hall–Kier alpha value is -2.34. The summed E-state index contributed by atoms with van der Waals surface area (Å²) in [6.07, 6.45) is 3.27. The SMILES string of the molecule is CCOC(=O)c1c(C=CC(=O)N(C)C(C)c2cccs2)c(C)n(CC)c1C. The van der Waals surface area contributed by atoms with Crippen LogP contribution in [0.3, 0.4) is 0 Å². The molecule has 2 rings (SSSR count). The van der Waals surface area contributed by atoms with Gasteiger partial charge in [-0.15, -0.1) is 11.3 Å². The fourth-order valence-corrected chi connectivity index (χ4v) is 4.06. The molecule has 2 aromatic heterocycles. The lowest BCUT2D eigenvalue weighted by Crippen LogP contribution is -2.27. The van der Waals surface area contributed by atoms with Crippen molar-refractivity contribution in [3.8, 4) is 0 Å². The average molecular weight is 389 g/mol. The zero-order chi connectivity index (χ0) is 20.1. The first-order chi connectivity index (χ1) is 12.8. The molecule has 0 saturated carbocycles. The van der Waals surface area contributed by atoms with Gasteiger partial charge in [0.2, 0.25) is 5.91 Å². The number of rotatable bonds is 7. The molecule has 146 valence electrons. The Morgan fingerprint density at radius 3 is 2.56 bits per heavy atom. The van der Waals surface area contributed by atoms with Crippen LogP contribution in [0.15, 0.2) is 23.6 Å². The van der Waals surface area contributed by atoms with Gasteiger partial charge in [0.15, 0.2) is 0 Å². The van der Waals surface area contributed by atoms with Crippen molar-refractivity contribution in [1.82, 2.24) is 9.47 Å². The largest absolute Gasteiger partial charge is 0.462 e. The normalized spacial score (nSPS) is 12.4. The third-order valence-corrected chi connectivity index (χ3v) is 5.95. The number of hydrogen-bond donors (Lipinski definition) is 0. The summed E-state index contributed by atoms with van der Waals surface area (Å²) >= 11 is 1.63. The first kappa shape index (κ1) is 21.0. The Kier molecular flexibility index (Phi) is 7.02. The van der Waals surface area contributed by atoms with E-state index in [9.17, 15) is 9.59 Å². The van der Waals surface area contributed by atoms with Crippen molar-refractivity contribution in [3.05, 3.63) is 51.0 Å². The van der Waals surface area contributed by atoms with Crippen LogP contribution in [-0.2, 0) is 16.1 Å². The number of esters is 1. The van der Waals surface area contributed by atoms with Gasteiger partial charge in [-0.3, -0.25) is 4.79 Å². The van der Waals surface area contributed by atoms with E-state index in [1.807, 2.05) is 45.2 Å². The van der Waals surface area contributed by atoms with Gasteiger partial charge < -0.3 is 14.2 Å². The van der Waals surface area contributed by atoms with E-state index < -0.39 is 0 Å². The zero-order valence-corrected chi connectivity index (χ0v) is 17.7. The number of carbonyl (C=O) groups excluding carboxylic acids is 2. The van der Waals surface area contributed by atoms with Gasteiger partial charge in [-0.05, 0) is 52.1 Å². The fraction of sp³-hybridized carbons (Fsp3) is 0.429. The van der Waals surface area contributed by atoms with E-state index in [2.05, 4.69) is 4.57 Å². The van der Waals surface area contributed by atoms with Crippen LogP contribution in [0, 0.1) is 13.8 Å². The van der Waals surface area contributed by atoms with E-state index in [0.29, 0.717) is 12.2 Å². The Bertz CT molecular complexity index is 834. The lowest BCUT2D eigenvalue weighted by molar-refractivity contribution is -0.126. The third-order valence-electron chi connectivity index (χ3n) is 4.90. The summed E-state index contributed by atoms with van der Waals surface area (Å²) in [5, 5.41) is 2.01. The van der Waals surface area contributed by atoms with Crippen LogP contribution in [0.25, 0.3) is 6.08 Å². The molecule has 6 heteroatoms. The molecule has 0 radical (unpaired) electrons. The number of aromatic nitrogens is 1. The van der Waals surface area contributed by atoms with Crippen LogP contribution in [0.5, 0.6) is 0 Å². The van der Waals surface area contributed by atoms with Crippen LogP contribution in [0.4, 0.5) is 0 Å². The molecule has 0 saturated heterocycles. The minimum absolute atomic E-state index is 0.00486. The molecule has 1 atom stereocenters. The molecule has 5 nitrogen and oxygen atoms in total. The highest BCUT2D eigenvalue weighted by atomic mass is 32.1. The van der Waals surface area contributed by atoms with E-state index in [0.717, 1.165) is 28.4 Å². The minimum atomic E-state index is -0.349. The molecular formula is C21H28N2O3S. The predicted octanol–water partition coefficient (Wildman–Crippen LogP) is 4.60. The van der Waals surface area contributed by atoms with Gasteiger partial charge in [-0.1, -0.05) is 6.07 Å². The Labute approximate surface area is 165 Å². The number of hydrogen-bond acceptors (Lipinski definition) is 4. The highest BCUT2D eigenvalue weighted by Gasteiger charge is 2.23. The molecule has 2 aromatic rings. The number of thiophene rings is 1. The summed E-state index contributed by atoms with van der Waals surface area (Å²) in [4.78, 5) is 27.9. The van der Waals surface area contributed by atoms with Crippen molar-refractivity contribution < 1.29 is 14.3 Å². The van der Waals surface area contributed by atoms with Crippen molar-refractivity contribution in [2.75, 3.05) is 13.7 Å². The predicted molar refractivity (Wildman–Crippen MR) is 110 cm³/mol.